The van der Waals surface area contributed by atoms with Gasteiger partial charge >= 0.3 is 0 Å². The maximum absolute atomic E-state index is 12.0. The molecule has 1 atom stereocenters. The quantitative estimate of drug-likeness (QED) is 0.686. The second kappa shape index (κ2) is 8.51. The van der Waals surface area contributed by atoms with Crippen LogP contribution in [0, 0.1) is 17.2 Å². The molecule has 0 aromatic rings. The van der Waals surface area contributed by atoms with E-state index in [1.54, 1.807) is 9.80 Å². The Morgan fingerprint density at radius 3 is 1.78 bits per heavy atom. The molecule has 0 N–H and O–H groups in total. The highest BCUT2D eigenvalue weighted by atomic mass is 16.2. The number of hydrogen-bond donors (Lipinski definition) is 0. The average molecular weight is 253 g/mol. The van der Waals surface area contributed by atoms with Gasteiger partial charge in [-0.2, -0.15) is 5.26 Å². The molecule has 2 amide bonds. The van der Waals surface area contributed by atoms with Crippen LogP contribution in [0.15, 0.2) is 0 Å². The highest BCUT2D eigenvalue weighted by molar-refractivity contribution is 5.87. The van der Waals surface area contributed by atoms with E-state index in [0.29, 0.717) is 26.2 Å². The Kier molecular flexibility index (Phi) is 7.77. The molecule has 0 fully saturated rings. The monoisotopic (exact) mass is 253 g/mol. The van der Waals surface area contributed by atoms with Crippen LogP contribution in [0.3, 0.4) is 0 Å². The second-order valence-corrected chi connectivity index (χ2v) is 3.96. The summed E-state index contributed by atoms with van der Waals surface area (Å²) in [4.78, 5) is 27.1. The van der Waals surface area contributed by atoms with Gasteiger partial charge in [0.25, 0.3) is 0 Å². The first kappa shape index (κ1) is 16.4. The van der Waals surface area contributed by atoms with Gasteiger partial charge in [-0.25, -0.2) is 0 Å². The molecule has 1 unspecified atom stereocenters. The molecule has 0 aliphatic heterocycles. The summed E-state index contributed by atoms with van der Waals surface area (Å²) < 4.78 is 0. The fourth-order valence-electron chi connectivity index (χ4n) is 1.82. The van der Waals surface area contributed by atoms with E-state index in [9.17, 15) is 9.59 Å². The van der Waals surface area contributed by atoms with Crippen LogP contribution in [0.5, 0.6) is 0 Å². The van der Waals surface area contributed by atoms with Gasteiger partial charge in [0.1, 0.15) is 5.92 Å². The fraction of sp³-hybridized carbons (Fsp3) is 0.769. The molecule has 0 aliphatic rings. The number of carbonyl (C=O) groups is 2. The Labute approximate surface area is 109 Å². The number of amides is 2. The highest BCUT2D eigenvalue weighted by Crippen LogP contribution is 2.10. The molecule has 0 heterocycles. The minimum absolute atomic E-state index is 0.0203. The van der Waals surface area contributed by atoms with Crippen molar-refractivity contribution in [3.8, 4) is 6.07 Å². The van der Waals surface area contributed by atoms with Crippen LogP contribution in [-0.2, 0) is 9.59 Å². The molecule has 102 valence electrons. The third-order valence-corrected chi connectivity index (χ3v) is 3.02. The summed E-state index contributed by atoms with van der Waals surface area (Å²) in [6.45, 7) is 9.83. The van der Waals surface area contributed by atoms with Crippen molar-refractivity contribution in [1.82, 2.24) is 9.80 Å². The van der Waals surface area contributed by atoms with Crippen LogP contribution in [0.4, 0.5) is 0 Å². The predicted octanol–water partition coefficient (Wildman–Crippen LogP) is 1.25. The van der Waals surface area contributed by atoms with Crippen LogP contribution >= 0.6 is 0 Å². The molecule has 5 nitrogen and oxygen atoms in total. The number of nitrogens with zero attached hydrogens (tertiary/aromatic N) is 3. The van der Waals surface area contributed by atoms with Crippen molar-refractivity contribution >= 4 is 11.8 Å². The van der Waals surface area contributed by atoms with Gasteiger partial charge in [0.05, 0.1) is 12.5 Å². The number of nitriles is 1. The molecule has 18 heavy (non-hydrogen) atoms. The number of carbonyl (C=O) groups excluding carboxylic acids is 2. The normalized spacial score (nSPS) is 11.5. The van der Waals surface area contributed by atoms with Gasteiger partial charge in [-0.3, -0.25) is 9.59 Å². The summed E-state index contributed by atoms with van der Waals surface area (Å²) in [6, 6.07) is 1.95. The van der Waals surface area contributed by atoms with Crippen molar-refractivity contribution in [2.75, 3.05) is 26.2 Å². The van der Waals surface area contributed by atoms with Crippen molar-refractivity contribution in [1.29, 1.82) is 5.26 Å². The molecular weight excluding hydrogens is 230 g/mol. The van der Waals surface area contributed by atoms with E-state index in [1.807, 2.05) is 33.8 Å². The van der Waals surface area contributed by atoms with E-state index in [4.69, 9.17) is 5.26 Å². The second-order valence-electron chi connectivity index (χ2n) is 3.96. The third kappa shape index (κ3) is 4.36. The van der Waals surface area contributed by atoms with Crippen LogP contribution in [0.25, 0.3) is 0 Å². The molecule has 0 rings (SSSR count). The smallest absolute Gasteiger partial charge is 0.240 e. The minimum Gasteiger partial charge on any atom is -0.343 e. The molecule has 0 spiro atoms. The Balaban J connectivity index is 4.67. The zero-order valence-electron chi connectivity index (χ0n) is 11.8. The number of hydrogen-bond acceptors (Lipinski definition) is 3. The van der Waals surface area contributed by atoms with Crippen molar-refractivity contribution < 1.29 is 9.59 Å². The lowest BCUT2D eigenvalue weighted by Gasteiger charge is -2.23. The molecule has 5 heteroatoms. The molecule has 0 saturated carbocycles. The lowest BCUT2D eigenvalue weighted by atomic mass is 10.0. The summed E-state index contributed by atoms with van der Waals surface area (Å²) in [5.74, 6) is -1.24. The maximum Gasteiger partial charge on any atom is 0.240 e. The summed E-state index contributed by atoms with van der Waals surface area (Å²) in [7, 11) is 0. The average Bonchev–Trinajstić information content (AvgIpc) is 2.38. The molecule has 0 saturated heterocycles. The fourth-order valence-corrected chi connectivity index (χ4v) is 1.82. The molecule has 0 aliphatic carbocycles. The van der Waals surface area contributed by atoms with Crippen LogP contribution < -0.4 is 0 Å². The van der Waals surface area contributed by atoms with Crippen LogP contribution in [0.2, 0.25) is 0 Å². The van der Waals surface area contributed by atoms with Gasteiger partial charge in [-0.05, 0) is 27.7 Å². The van der Waals surface area contributed by atoms with Crippen molar-refractivity contribution in [3.63, 3.8) is 0 Å². The first-order valence-electron chi connectivity index (χ1n) is 6.51. The summed E-state index contributed by atoms with van der Waals surface area (Å²) >= 11 is 0. The topological polar surface area (TPSA) is 64.4 Å². The molecule has 0 bridgehead atoms. The van der Waals surface area contributed by atoms with Gasteiger partial charge in [-0.1, -0.05) is 0 Å². The van der Waals surface area contributed by atoms with E-state index >= 15 is 0 Å². The number of rotatable bonds is 7. The largest absolute Gasteiger partial charge is 0.343 e. The first-order chi connectivity index (χ1) is 8.55. The van der Waals surface area contributed by atoms with E-state index in [0.717, 1.165) is 0 Å². The molecular formula is C13H23N3O2. The maximum atomic E-state index is 12.0. The SMILES string of the molecule is CCN(CC)C(=O)CC(C#N)C(=O)N(CC)CC. The zero-order valence-corrected chi connectivity index (χ0v) is 11.8. The Hall–Kier alpha value is -1.57. The highest BCUT2D eigenvalue weighted by Gasteiger charge is 2.26. The van der Waals surface area contributed by atoms with Crippen molar-refractivity contribution in [3.05, 3.63) is 0 Å². The molecule has 0 radical (unpaired) electrons. The predicted molar refractivity (Wildman–Crippen MR) is 69.6 cm³/mol. The zero-order chi connectivity index (χ0) is 14.1. The van der Waals surface area contributed by atoms with Crippen LogP contribution in [0.1, 0.15) is 34.1 Å². The third-order valence-electron chi connectivity index (χ3n) is 3.02. The van der Waals surface area contributed by atoms with E-state index in [-0.39, 0.29) is 18.2 Å². The van der Waals surface area contributed by atoms with E-state index < -0.39 is 5.92 Å². The van der Waals surface area contributed by atoms with Gasteiger partial charge < -0.3 is 9.80 Å². The lowest BCUT2D eigenvalue weighted by Crippen LogP contribution is -2.39. The molecule has 0 aromatic heterocycles. The Morgan fingerprint density at radius 2 is 1.44 bits per heavy atom. The Morgan fingerprint density at radius 1 is 1.00 bits per heavy atom. The minimum atomic E-state index is -0.863. The standard InChI is InChI=1S/C13H23N3O2/c1-5-15(6-2)12(17)9-11(10-14)13(18)16(7-3)8-4/h11H,5-9H2,1-4H3. The van der Waals surface area contributed by atoms with Gasteiger partial charge in [0.15, 0.2) is 0 Å². The molecule has 0 aromatic carbocycles. The van der Waals surface area contributed by atoms with Crippen molar-refractivity contribution in [2.24, 2.45) is 5.92 Å². The van der Waals surface area contributed by atoms with E-state index in [1.165, 1.54) is 0 Å². The van der Waals surface area contributed by atoms with E-state index in [2.05, 4.69) is 0 Å². The summed E-state index contributed by atoms with van der Waals surface area (Å²) in [5.41, 5.74) is 0. The van der Waals surface area contributed by atoms with Crippen LogP contribution in [-0.4, -0.2) is 47.8 Å². The summed E-state index contributed by atoms with van der Waals surface area (Å²) in [5, 5.41) is 9.04. The Bertz CT molecular complexity index is 315. The first-order valence-corrected chi connectivity index (χ1v) is 6.51. The van der Waals surface area contributed by atoms with Gasteiger partial charge in [-0.15, -0.1) is 0 Å². The van der Waals surface area contributed by atoms with Gasteiger partial charge in [0, 0.05) is 26.2 Å². The summed E-state index contributed by atoms with van der Waals surface area (Å²) in [6.07, 6.45) is -0.0203. The van der Waals surface area contributed by atoms with Crippen molar-refractivity contribution in [2.45, 2.75) is 34.1 Å². The lowest BCUT2D eigenvalue weighted by molar-refractivity contribution is -0.139. The van der Waals surface area contributed by atoms with Gasteiger partial charge in [0.2, 0.25) is 11.8 Å².